The summed E-state index contributed by atoms with van der Waals surface area (Å²) in [5.74, 6) is -2.95. The molecule has 1 fully saturated rings. The molecular formula is C16H14F2N2O5S2. The Balaban J connectivity index is 2.04. The van der Waals surface area contributed by atoms with Gasteiger partial charge >= 0.3 is 0 Å². The fraction of sp³-hybridized carbons (Fsp3) is 0.188. The second kappa shape index (κ2) is 6.57. The van der Waals surface area contributed by atoms with E-state index in [1.54, 1.807) is 0 Å². The van der Waals surface area contributed by atoms with Crippen molar-refractivity contribution >= 4 is 37.3 Å². The number of benzene rings is 2. The molecule has 1 saturated heterocycles. The summed E-state index contributed by atoms with van der Waals surface area (Å²) in [7, 11) is -8.17. The van der Waals surface area contributed by atoms with E-state index in [-0.39, 0.29) is 34.0 Å². The third kappa shape index (κ3) is 3.78. The van der Waals surface area contributed by atoms with Crippen LogP contribution in [0.2, 0.25) is 0 Å². The Labute approximate surface area is 154 Å². The molecule has 7 nitrogen and oxygen atoms in total. The highest BCUT2D eigenvalue weighted by atomic mass is 32.2. The minimum Gasteiger partial charge on any atom is -0.279 e. The first-order chi connectivity index (χ1) is 12.5. The Hall–Kier alpha value is -2.53. The Morgan fingerprint density at radius 3 is 2.26 bits per heavy atom. The smallest absolute Gasteiger partial charge is 0.262 e. The zero-order valence-electron chi connectivity index (χ0n) is 13.9. The van der Waals surface area contributed by atoms with Gasteiger partial charge in [0, 0.05) is 12.5 Å². The molecule has 27 heavy (non-hydrogen) atoms. The number of hydrogen-bond acceptors (Lipinski definition) is 5. The van der Waals surface area contributed by atoms with E-state index in [0.29, 0.717) is 10.4 Å². The van der Waals surface area contributed by atoms with Crippen molar-refractivity contribution in [2.45, 2.75) is 18.2 Å². The van der Waals surface area contributed by atoms with Crippen molar-refractivity contribution in [1.29, 1.82) is 0 Å². The summed E-state index contributed by atoms with van der Waals surface area (Å²) in [6.45, 7) is 1.46. The molecule has 0 saturated carbocycles. The maximum atomic E-state index is 13.3. The van der Waals surface area contributed by atoms with Crippen molar-refractivity contribution in [2.24, 2.45) is 0 Å². The number of anilines is 2. The topological polar surface area (TPSA) is 101 Å². The van der Waals surface area contributed by atoms with Gasteiger partial charge in [-0.25, -0.2) is 29.9 Å². The fourth-order valence-electron chi connectivity index (χ4n) is 2.70. The van der Waals surface area contributed by atoms with Crippen molar-refractivity contribution < 1.29 is 30.4 Å². The molecule has 0 aromatic heterocycles. The first-order valence-electron chi connectivity index (χ1n) is 7.65. The van der Waals surface area contributed by atoms with E-state index in [9.17, 15) is 30.4 Å². The lowest BCUT2D eigenvalue weighted by molar-refractivity contribution is -0.116. The molecule has 0 aliphatic carbocycles. The Kier molecular flexibility index (Phi) is 4.68. The normalized spacial score (nSPS) is 16.6. The molecule has 1 aliphatic rings. The molecule has 2 aromatic carbocycles. The van der Waals surface area contributed by atoms with Gasteiger partial charge in [-0.3, -0.25) is 9.52 Å². The number of aryl methyl sites for hydroxylation is 1. The van der Waals surface area contributed by atoms with Crippen LogP contribution < -0.4 is 9.03 Å². The lowest BCUT2D eigenvalue weighted by atomic mass is 10.2. The van der Waals surface area contributed by atoms with Crippen molar-refractivity contribution in [1.82, 2.24) is 0 Å². The maximum Gasteiger partial charge on any atom is 0.262 e. The van der Waals surface area contributed by atoms with Gasteiger partial charge in [-0.15, -0.1) is 0 Å². The van der Waals surface area contributed by atoms with Gasteiger partial charge in [-0.05, 0) is 36.8 Å². The highest BCUT2D eigenvalue weighted by molar-refractivity contribution is 7.94. The molecule has 1 heterocycles. The maximum absolute atomic E-state index is 13.3. The van der Waals surface area contributed by atoms with Crippen LogP contribution in [0.4, 0.5) is 20.2 Å². The Morgan fingerprint density at radius 1 is 1.07 bits per heavy atom. The molecular weight excluding hydrogens is 402 g/mol. The van der Waals surface area contributed by atoms with Crippen LogP contribution >= 0.6 is 0 Å². The number of amides is 1. The van der Waals surface area contributed by atoms with E-state index < -0.39 is 37.6 Å². The van der Waals surface area contributed by atoms with Crippen molar-refractivity contribution in [3.8, 4) is 0 Å². The van der Waals surface area contributed by atoms with Gasteiger partial charge in [0.2, 0.25) is 15.9 Å². The van der Waals surface area contributed by atoms with E-state index in [4.69, 9.17) is 0 Å². The quantitative estimate of drug-likeness (QED) is 0.823. The molecule has 2 aromatic rings. The van der Waals surface area contributed by atoms with Crippen LogP contribution in [-0.2, 0) is 24.8 Å². The second-order valence-corrected chi connectivity index (χ2v) is 9.53. The zero-order valence-corrected chi connectivity index (χ0v) is 15.6. The molecule has 3 rings (SSSR count). The summed E-state index contributed by atoms with van der Waals surface area (Å²) in [5, 5.41) is 0. The molecule has 0 radical (unpaired) electrons. The average Bonchev–Trinajstić information content (AvgIpc) is 2.80. The molecule has 11 heteroatoms. The lowest BCUT2D eigenvalue weighted by Crippen LogP contribution is -2.29. The third-order valence-corrected chi connectivity index (χ3v) is 7.10. The molecule has 1 aliphatic heterocycles. The second-order valence-electron chi connectivity index (χ2n) is 5.94. The van der Waals surface area contributed by atoms with Gasteiger partial charge in [-0.1, -0.05) is 6.07 Å². The zero-order chi connectivity index (χ0) is 20.0. The van der Waals surface area contributed by atoms with Crippen LogP contribution in [0.3, 0.4) is 0 Å². The summed E-state index contributed by atoms with van der Waals surface area (Å²) < 4.78 is 78.6. The van der Waals surface area contributed by atoms with Crippen LogP contribution in [-0.4, -0.2) is 28.5 Å². The number of carbonyl (C=O) groups is 1. The predicted octanol–water partition coefficient (Wildman–Crippen LogP) is 2.14. The van der Waals surface area contributed by atoms with Crippen molar-refractivity contribution in [2.75, 3.05) is 14.8 Å². The lowest BCUT2D eigenvalue weighted by Gasteiger charge is -2.17. The third-order valence-electron chi connectivity index (χ3n) is 3.89. The van der Waals surface area contributed by atoms with E-state index in [1.165, 1.54) is 19.1 Å². The molecule has 0 spiro atoms. The molecule has 0 bridgehead atoms. The number of hydrogen-bond donors (Lipinski definition) is 1. The molecule has 1 N–H and O–H groups in total. The summed E-state index contributed by atoms with van der Waals surface area (Å²) in [6.07, 6.45) is -0.195. The average molecular weight is 416 g/mol. The van der Waals surface area contributed by atoms with E-state index in [0.717, 1.165) is 18.2 Å². The summed E-state index contributed by atoms with van der Waals surface area (Å²) in [5.41, 5.74) is -0.191. The number of carbonyl (C=O) groups excluding carboxylic acids is 1. The highest BCUT2D eigenvalue weighted by Gasteiger charge is 2.37. The molecule has 0 unspecified atom stereocenters. The number of halogens is 2. The number of nitrogens with one attached hydrogen (secondary N) is 1. The van der Waals surface area contributed by atoms with Crippen molar-refractivity contribution in [3.63, 3.8) is 0 Å². The van der Waals surface area contributed by atoms with Crippen LogP contribution in [0.5, 0.6) is 0 Å². The minimum atomic E-state index is -4.30. The monoisotopic (exact) mass is 416 g/mol. The van der Waals surface area contributed by atoms with Crippen LogP contribution in [0.25, 0.3) is 0 Å². The minimum absolute atomic E-state index is 0.117. The van der Waals surface area contributed by atoms with Crippen molar-refractivity contribution in [3.05, 3.63) is 53.6 Å². The fourth-order valence-corrected chi connectivity index (χ4v) is 5.45. The summed E-state index contributed by atoms with van der Waals surface area (Å²) in [6, 6.07) is 5.89. The number of rotatable bonds is 4. The standard InChI is InChI=1S/C16H14F2N2O5S2/c1-10-2-3-14(20-16(21)4-5-26(20,22)23)9-15(10)27(24,25)19-13-7-11(17)6-12(18)8-13/h2-3,6-9,19H,4-5H2,1H3. The SMILES string of the molecule is Cc1ccc(N2C(=O)CCS2(=O)=O)cc1S(=O)(=O)Nc1cc(F)cc(F)c1. The van der Waals surface area contributed by atoms with E-state index >= 15 is 0 Å². The van der Waals surface area contributed by atoms with E-state index in [2.05, 4.69) is 0 Å². The largest absolute Gasteiger partial charge is 0.279 e. The van der Waals surface area contributed by atoms with E-state index in [1.807, 2.05) is 4.72 Å². The number of nitrogens with zero attached hydrogens (tertiary/aromatic N) is 1. The van der Waals surface area contributed by atoms with Crippen LogP contribution in [0.1, 0.15) is 12.0 Å². The molecule has 144 valence electrons. The van der Waals surface area contributed by atoms with Gasteiger partial charge in [0.1, 0.15) is 11.6 Å². The first-order valence-corrected chi connectivity index (χ1v) is 10.7. The van der Waals surface area contributed by atoms with Gasteiger partial charge in [0.15, 0.2) is 0 Å². The summed E-state index contributed by atoms with van der Waals surface area (Å²) in [4.78, 5) is 11.6. The summed E-state index contributed by atoms with van der Waals surface area (Å²) >= 11 is 0. The van der Waals surface area contributed by atoms with Crippen LogP contribution in [0, 0.1) is 18.6 Å². The van der Waals surface area contributed by atoms with Gasteiger partial charge in [0.05, 0.1) is 22.0 Å². The molecule has 1 amide bonds. The Morgan fingerprint density at radius 2 is 1.70 bits per heavy atom. The first kappa shape index (κ1) is 19.2. The van der Waals surface area contributed by atoms with Gasteiger partial charge in [-0.2, -0.15) is 0 Å². The van der Waals surface area contributed by atoms with Gasteiger partial charge in [0.25, 0.3) is 10.0 Å². The molecule has 0 atom stereocenters. The predicted molar refractivity (Wildman–Crippen MR) is 94.2 cm³/mol. The highest BCUT2D eigenvalue weighted by Crippen LogP contribution is 2.30. The Bertz CT molecular complexity index is 1130. The van der Waals surface area contributed by atoms with Gasteiger partial charge < -0.3 is 0 Å². The number of sulfonamides is 2. The van der Waals surface area contributed by atoms with Crippen LogP contribution in [0.15, 0.2) is 41.3 Å².